The van der Waals surface area contributed by atoms with Crippen LogP contribution in [0.3, 0.4) is 0 Å². The third-order valence-corrected chi connectivity index (χ3v) is 19.5. The van der Waals surface area contributed by atoms with Gasteiger partial charge in [-0.15, -0.1) is 23.5 Å². The standard InChI is InChI=1S/C58H90N8O8S2/c1-37(61-7)53(69)63-43-31-45(75-47-33-57(3,4)49(51(59)67)65(47)55(43)71)41(39-25-19-17-20-26-39)35-73-29-23-15-13-11-9-10-12-14-16-24-30-74-36-42(40-27-21-18-22-28-40)46-32-44(64-54(70)38(2)62-8)56(72)66-48(76-46)34-58(5,6)50(66)52(60)68/h17-22,25-28,37-38,41-50,61-62H,9-16,23-24,29-36H2,1-8H3,(H2,59,67)(H2,60,68)(H,63,69)(H,64,70)/t37-,38-,41+,42+,43?,44?,45?,46?,47?,48?,49?,50?/m0/s1. The van der Waals surface area contributed by atoms with Gasteiger partial charge in [-0.3, -0.25) is 28.8 Å². The van der Waals surface area contributed by atoms with Gasteiger partial charge in [-0.1, -0.05) is 140 Å². The molecule has 2 aromatic carbocycles. The zero-order chi connectivity index (χ0) is 55.2. The molecule has 6 rings (SSSR count). The van der Waals surface area contributed by atoms with Gasteiger partial charge in [0.15, 0.2) is 0 Å². The van der Waals surface area contributed by atoms with Gasteiger partial charge in [-0.25, -0.2) is 0 Å². The summed E-state index contributed by atoms with van der Waals surface area (Å²) in [7, 11) is 3.42. The lowest BCUT2D eigenvalue weighted by Gasteiger charge is -2.32. The summed E-state index contributed by atoms with van der Waals surface area (Å²) in [6.45, 7) is 13.7. The van der Waals surface area contributed by atoms with Crippen molar-refractivity contribution in [3.8, 4) is 0 Å². The van der Waals surface area contributed by atoms with Gasteiger partial charge in [-0.05, 0) is 88.4 Å². The molecule has 0 aliphatic carbocycles. The van der Waals surface area contributed by atoms with Crippen molar-refractivity contribution in [1.82, 2.24) is 31.1 Å². The number of likely N-dealkylation sites (N-methyl/N-ethyl adjacent to an activating group) is 2. The highest BCUT2D eigenvalue weighted by molar-refractivity contribution is 8.00. The Balaban J connectivity index is 0.922. The number of carbonyl (C=O) groups is 6. The van der Waals surface area contributed by atoms with Crippen molar-refractivity contribution in [3.05, 3.63) is 71.8 Å². The zero-order valence-corrected chi connectivity index (χ0v) is 48.2. The second-order valence-corrected chi connectivity index (χ2v) is 25.9. The molecule has 0 saturated carbocycles. The molecule has 4 fully saturated rings. The van der Waals surface area contributed by atoms with Gasteiger partial charge in [0.2, 0.25) is 35.4 Å². The number of primary amides is 2. The van der Waals surface area contributed by atoms with Crippen molar-refractivity contribution < 1.29 is 38.2 Å². The Hall–Kier alpha value is -4.20. The van der Waals surface area contributed by atoms with Crippen LogP contribution in [0.1, 0.15) is 154 Å². The Morgan fingerprint density at radius 1 is 0.579 bits per heavy atom. The third kappa shape index (κ3) is 15.8. The molecule has 4 aliphatic rings. The van der Waals surface area contributed by atoms with Gasteiger partial charge < -0.3 is 52.0 Å². The molecule has 4 saturated heterocycles. The fourth-order valence-corrected chi connectivity index (χ4v) is 15.9. The number of hydrogen-bond acceptors (Lipinski definition) is 12. The molecule has 8 unspecified atom stereocenters. The molecular formula is C58H90N8O8S2. The second-order valence-electron chi connectivity index (χ2n) is 23.1. The average Bonchev–Trinajstić information content (AvgIpc) is 3.74. The fraction of sp³-hybridized carbons (Fsp3) is 0.690. The van der Waals surface area contributed by atoms with E-state index in [9.17, 15) is 28.8 Å². The minimum absolute atomic E-state index is 0.0410. The number of rotatable bonds is 29. The van der Waals surface area contributed by atoms with Gasteiger partial charge in [0.1, 0.15) is 24.2 Å². The number of fused-ring (bicyclic) bond motifs is 2. The zero-order valence-electron chi connectivity index (χ0n) is 46.6. The Labute approximate surface area is 461 Å². The summed E-state index contributed by atoms with van der Waals surface area (Å²) in [5, 5.41) is 11.3. The monoisotopic (exact) mass is 1090 g/mol. The number of ether oxygens (including phenoxy) is 2. The van der Waals surface area contributed by atoms with Crippen LogP contribution in [0.25, 0.3) is 0 Å². The number of benzene rings is 2. The predicted molar refractivity (Wildman–Crippen MR) is 303 cm³/mol. The van der Waals surface area contributed by atoms with Crippen LogP contribution in [0.4, 0.5) is 0 Å². The van der Waals surface area contributed by atoms with Crippen molar-refractivity contribution in [2.75, 3.05) is 40.5 Å². The first-order valence-electron chi connectivity index (χ1n) is 28.0. The number of unbranched alkanes of at least 4 members (excludes halogenated alkanes) is 9. The maximum Gasteiger partial charge on any atom is 0.246 e. The first-order chi connectivity index (χ1) is 36.3. The summed E-state index contributed by atoms with van der Waals surface area (Å²) < 4.78 is 12.9. The summed E-state index contributed by atoms with van der Waals surface area (Å²) in [5.74, 6) is -2.18. The van der Waals surface area contributed by atoms with Gasteiger partial charge in [0.05, 0.1) is 36.0 Å². The second kappa shape index (κ2) is 28.6. The van der Waals surface area contributed by atoms with Crippen LogP contribution >= 0.6 is 23.5 Å². The topological polar surface area (TPSA) is 228 Å². The molecule has 0 aromatic heterocycles. The molecule has 12 atom stereocenters. The molecule has 76 heavy (non-hydrogen) atoms. The summed E-state index contributed by atoms with van der Waals surface area (Å²) in [6, 6.07) is 16.4. The normalized spacial score (nSPS) is 26.6. The van der Waals surface area contributed by atoms with Gasteiger partial charge in [0, 0.05) is 35.5 Å². The number of nitrogens with two attached hydrogens (primary N) is 2. The van der Waals surface area contributed by atoms with Gasteiger partial charge in [-0.2, -0.15) is 0 Å². The van der Waals surface area contributed by atoms with Crippen LogP contribution in [0, 0.1) is 10.8 Å². The van der Waals surface area contributed by atoms with Crippen LogP contribution in [0.5, 0.6) is 0 Å². The van der Waals surface area contributed by atoms with E-state index in [2.05, 4.69) is 45.5 Å². The molecule has 16 nitrogen and oxygen atoms in total. The minimum atomic E-state index is -0.809. The highest BCUT2D eigenvalue weighted by atomic mass is 32.2. The van der Waals surface area contributed by atoms with E-state index in [0.717, 1.165) is 49.7 Å². The van der Waals surface area contributed by atoms with Crippen molar-refractivity contribution in [1.29, 1.82) is 0 Å². The Morgan fingerprint density at radius 3 is 1.22 bits per heavy atom. The number of nitrogens with one attached hydrogen (secondary N) is 4. The van der Waals surface area contributed by atoms with Crippen molar-refractivity contribution >= 4 is 59.0 Å². The molecule has 0 radical (unpaired) electrons. The van der Waals surface area contributed by atoms with E-state index in [-0.39, 0.29) is 56.7 Å². The van der Waals surface area contributed by atoms with E-state index in [0.29, 0.717) is 52.1 Å². The smallest absolute Gasteiger partial charge is 0.246 e. The number of thioether (sulfide) groups is 2. The van der Waals surface area contributed by atoms with Crippen LogP contribution in [-0.2, 0) is 38.2 Å². The van der Waals surface area contributed by atoms with Crippen LogP contribution in [0.2, 0.25) is 0 Å². The van der Waals surface area contributed by atoms with Crippen molar-refractivity contribution in [2.45, 2.75) is 201 Å². The highest BCUT2D eigenvalue weighted by Crippen LogP contribution is 2.52. The van der Waals surface area contributed by atoms with Crippen LogP contribution in [0.15, 0.2) is 60.7 Å². The molecule has 4 heterocycles. The molecule has 4 aliphatic heterocycles. The maximum absolute atomic E-state index is 14.3. The molecule has 8 N–H and O–H groups in total. The molecule has 2 aromatic rings. The van der Waals surface area contributed by atoms with E-state index in [1.807, 2.05) is 64.1 Å². The Morgan fingerprint density at radius 2 is 0.908 bits per heavy atom. The SMILES string of the molecule is CN[C@@H](C)C(=O)NC1CC([C@H](COCCCCCCCCCCCCOC[C@H](c2ccccc2)C2CC(NC(=O)[C@H](C)NC)C(=O)N3C(CC(C)(C)C3C(N)=O)S2)c2ccccc2)SC2CC(C)(C)C(C(N)=O)N2C1=O. The van der Waals surface area contributed by atoms with Gasteiger partial charge in [0.25, 0.3) is 0 Å². The van der Waals surface area contributed by atoms with E-state index in [1.165, 1.54) is 25.7 Å². The Bertz CT molecular complexity index is 2070. The largest absolute Gasteiger partial charge is 0.381 e. The number of hydrogen-bond donors (Lipinski definition) is 6. The van der Waals surface area contributed by atoms with Crippen LogP contribution < -0.4 is 32.7 Å². The van der Waals surface area contributed by atoms with Crippen molar-refractivity contribution in [2.24, 2.45) is 22.3 Å². The minimum Gasteiger partial charge on any atom is -0.381 e. The summed E-state index contributed by atoms with van der Waals surface area (Å²) in [6.07, 6.45) is 13.2. The highest BCUT2D eigenvalue weighted by Gasteiger charge is 2.57. The van der Waals surface area contributed by atoms with E-state index in [1.54, 1.807) is 61.3 Å². The molecule has 18 heteroatoms. The number of nitrogens with zero attached hydrogens (tertiary/aromatic N) is 2. The first-order valence-corrected chi connectivity index (χ1v) is 29.9. The lowest BCUT2D eigenvalue weighted by Crippen LogP contribution is -2.57. The quantitative estimate of drug-likeness (QED) is 0.0477. The van der Waals surface area contributed by atoms with E-state index >= 15 is 0 Å². The van der Waals surface area contributed by atoms with Gasteiger partial charge >= 0.3 is 0 Å². The summed E-state index contributed by atoms with van der Waals surface area (Å²) in [5.41, 5.74) is 13.1. The van der Waals surface area contributed by atoms with E-state index < -0.39 is 58.9 Å². The number of amides is 6. The number of carbonyl (C=O) groups excluding carboxylic acids is 6. The molecule has 422 valence electrons. The molecule has 0 spiro atoms. The summed E-state index contributed by atoms with van der Waals surface area (Å²) in [4.78, 5) is 84.1. The van der Waals surface area contributed by atoms with Crippen LogP contribution in [-0.4, -0.2) is 143 Å². The fourth-order valence-electron chi connectivity index (χ4n) is 11.9. The van der Waals surface area contributed by atoms with E-state index in [4.69, 9.17) is 20.9 Å². The first kappa shape index (κ1) is 61.0. The predicted octanol–water partition coefficient (Wildman–Crippen LogP) is 6.56. The molecular weight excluding hydrogens is 1000 g/mol. The third-order valence-electron chi connectivity index (χ3n) is 16.4. The molecule has 6 amide bonds. The Kier molecular flexibility index (Phi) is 23.0. The lowest BCUT2D eigenvalue weighted by atomic mass is 9.84. The van der Waals surface area contributed by atoms with Crippen molar-refractivity contribution in [3.63, 3.8) is 0 Å². The maximum atomic E-state index is 14.3. The molecule has 0 bridgehead atoms. The average molecular weight is 1090 g/mol. The summed E-state index contributed by atoms with van der Waals surface area (Å²) >= 11 is 3.42. The lowest BCUT2D eigenvalue weighted by molar-refractivity contribution is -0.142.